The van der Waals surface area contributed by atoms with E-state index in [9.17, 15) is 4.79 Å². The number of esters is 1. The highest BCUT2D eigenvalue weighted by atomic mass is 32.2. The maximum Gasteiger partial charge on any atom is 0.333 e. The molecule has 3 rings (SSSR count). The lowest BCUT2D eigenvalue weighted by molar-refractivity contribution is -0.135. The number of hydrogen-bond donors (Lipinski definition) is 0. The predicted molar refractivity (Wildman–Crippen MR) is 115 cm³/mol. The van der Waals surface area contributed by atoms with E-state index in [4.69, 9.17) is 24.2 Å². The smallest absolute Gasteiger partial charge is 0.333 e. The number of thioether (sulfide) groups is 1. The van der Waals surface area contributed by atoms with Gasteiger partial charge in [-0.3, -0.25) is 4.99 Å². The zero-order chi connectivity index (χ0) is 21.0. The minimum atomic E-state index is -0.462. The summed E-state index contributed by atoms with van der Waals surface area (Å²) in [5.41, 5.74) is 0.690. The molecule has 7 nitrogen and oxygen atoms in total. The molecule has 4 atom stereocenters. The van der Waals surface area contributed by atoms with Gasteiger partial charge in [0.05, 0.1) is 38.7 Å². The molecule has 3 heterocycles. The molecule has 0 saturated carbocycles. The number of epoxide rings is 1. The molecule has 0 aliphatic carbocycles. The van der Waals surface area contributed by atoms with Gasteiger partial charge in [0.2, 0.25) is 0 Å². The van der Waals surface area contributed by atoms with Crippen LogP contribution in [0.15, 0.2) is 28.3 Å². The monoisotopic (exact) mass is 438 g/mol. The molecule has 0 N–H and O–H groups in total. The number of thiazole rings is 1. The Morgan fingerprint density at radius 3 is 2.76 bits per heavy atom. The summed E-state index contributed by atoms with van der Waals surface area (Å²) in [6.07, 6.45) is 4.90. The van der Waals surface area contributed by atoms with E-state index in [1.165, 1.54) is 20.3 Å². The average molecular weight is 439 g/mol. The standard InChI is InChI=1S/C20H26N2O5S2/c1-12(16(25-4)8-17(23)26-5)15(24-3)7-6-13-9-28-18(21-13)14-10-29-19(22-14)20(2)11-27-20/h6-9,12,14-15H,10-11H2,1-5H3/b7-6+,16-8+/t12-,14+,15-,20+/m0/s1. The van der Waals surface area contributed by atoms with Gasteiger partial charge in [0.1, 0.15) is 27.5 Å². The van der Waals surface area contributed by atoms with Crippen LogP contribution in [0.5, 0.6) is 0 Å². The van der Waals surface area contributed by atoms with Crippen molar-refractivity contribution in [3.8, 4) is 0 Å². The molecular weight excluding hydrogens is 412 g/mol. The van der Waals surface area contributed by atoms with Crippen molar-refractivity contribution in [2.24, 2.45) is 10.9 Å². The van der Waals surface area contributed by atoms with Gasteiger partial charge in [-0.05, 0) is 13.0 Å². The minimum Gasteiger partial charge on any atom is -0.500 e. The lowest BCUT2D eigenvalue weighted by Gasteiger charge is -2.21. The average Bonchev–Trinajstić information content (AvgIpc) is 3.14. The summed E-state index contributed by atoms with van der Waals surface area (Å²) in [5.74, 6) is 0.763. The second-order valence-electron chi connectivity index (χ2n) is 7.01. The van der Waals surface area contributed by atoms with Gasteiger partial charge in [-0.15, -0.1) is 23.1 Å². The van der Waals surface area contributed by atoms with E-state index in [1.807, 2.05) is 24.5 Å². The van der Waals surface area contributed by atoms with Crippen LogP contribution < -0.4 is 0 Å². The fraction of sp³-hybridized carbons (Fsp3) is 0.550. The molecule has 0 spiro atoms. The van der Waals surface area contributed by atoms with E-state index in [2.05, 4.69) is 11.7 Å². The first-order valence-electron chi connectivity index (χ1n) is 9.25. The third kappa shape index (κ3) is 5.28. The Kier molecular flexibility index (Phi) is 7.15. The molecule has 0 bridgehead atoms. The largest absolute Gasteiger partial charge is 0.500 e. The maximum absolute atomic E-state index is 11.5. The molecule has 1 aromatic heterocycles. The first-order valence-corrected chi connectivity index (χ1v) is 11.1. The Morgan fingerprint density at radius 2 is 2.14 bits per heavy atom. The van der Waals surface area contributed by atoms with Crippen molar-refractivity contribution in [1.29, 1.82) is 0 Å². The Balaban J connectivity index is 1.66. The van der Waals surface area contributed by atoms with Crippen LogP contribution in [0.2, 0.25) is 0 Å². The maximum atomic E-state index is 11.5. The second-order valence-corrected chi connectivity index (χ2v) is 8.91. The van der Waals surface area contributed by atoms with Gasteiger partial charge in [-0.25, -0.2) is 9.78 Å². The highest BCUT2D eigenvalue weighted by Gasteiger charge is 2.47. The molecule has 158 valence electrons. The fourth-order valence-corrected chi connectivity index (χ4v) is 5.01. The van der Waals surface area contributed by atoms with E-state index in [1.54, 1.807) is 30.2 Å². The Labute approximate surface area is 179 Å². The molecule has 0 unspecified atom stereocenters. The normalized spacial score (nSPS) is 26.3. The quantitative estimate of drug-likeness (QED) is 0.253. The molecule has 0 amide bonds. The third-order valence-corrected chi connectivity index (χ3v) is 7.13. The lowest BCUT2D eigenvalue weighted by atomic mass is 10.0. The number of ether oxygens (including phenoxy) is 4. The number of aliphatic imine (C=N–C) groups is 1. The van der Waals surface area contributed by atoms with Gasteiger partial charge in [-0.2, -0.15) is 0 Å². The third-order valence-electron chi connectivity index (χ3n) is 4.87. The van der Waals surface area contributed by atoms with Crippen LogP contribution in [0.4, 0.5) is 0 Å². The summed E-state index contributed by atoms with van der Waals surface area (Å²) in [5, 5.41) is 4.09. The van der Waals surface area contributed by atoms with Gasteiger partial charge in [0.25, 0.3) is 0 Å². The zero-order valence-electron chi connectivity index (χ0n) is 17.2. The SMILES string of the molecule is COC(=O)/C=C(/OC)[C@@H](C)[C@H](/C=C/c1csc([C@H]2CSC([C@@]3(C)CO3)=N2)n1)OC. The number of aromatic nitrogens is 1. The van der Waals surface area contributed by atoms with Crippen molar-refractivity contribution in [3.63, 3.8) is 0 Å². The second kappa shape index (κ2) is 9.42. The van der Waals surface area contributed by atoms with Gasteiger partial charge in [0.15, 0.2) is 0 Å². The summed E-state index contributed by atoms with van der Waals surface area (Å²) in [6, 6.07) is 0.0865. The highest BCUT2D eigenvalue weighted by Crippen LogP contribution is 2.41. The van der Waals surface area contributed by atoms with Crippen molar-refractivity contribution in [2.75, 3.05) is 33.7 Å². The van der Waals surface area contributed by atoms with Crippen molar-refractivity contribution < 1.29 is 23.7 Å². The minimum absolute atomic E-state index is 0.0865. The van der Waals surface area contributed by atoms with E-state index in [-0.39, 0.29) is 23.7 Å². The van der Waals surface area contributed by atoms with Crippen LogP contribution in [0.25, 0.3) is 6.08 Å². The van der Waals surface area contributed by atoms with E-state index < -0.39 is 5.97 Å². The van der Waals surface area contributed by atoms with Crippen LogP contribution in [0.1, 0.15) is 30.6 Å². The molecule has 1 saturated heterocycles. The van der Waals surface area contributed by atoms with Crippen molar-refractivity contribution in [3.05, 3.63) is 34.0 Å². The highest BCUT2D eigenvalue weighted by molar-refractivity contribution is 8.14. The molecule has 2 aliphatic heterocycles. The Bertz CT molecular complexity index is 829. The number of rotatable bonds is 9. The molecule has 0 radical (unpaired) electrons. The number of carbonyl (C=O) groups excluding carboxylic acids is 1. The van der Waals surface area contributed by atoms with Crippen molar-refractivity contribution in [1.82, 2.24) is 4.98 Å². The van der Waals surface area contributed by atoms with E-state index >= 15 is 0 Å². The molecule has 1 aromatic rings. The first-order chi connectivity index (χ1) is 13.9. The van der Waals surface area contributed by atoms with E-state index in [0.29, 0.717) is 5.76 Å². The Morgan fingerprint density at radius 1 is 1.38 bits per heavy atom. The van der Waals surface area contributed by atoms with Crippen LogP contribution in [-0.4, -0.2) is 61.4 Å². The molecular formula is C20H26N2O5S2. The van der Waals surface area contributed by atoms with Crippen LogP contribution in [0, 0.1) is 5.92 Å². The number of carbonyl (C=O) groups is 1. The Hall–Kier alpha value is -1.68. The van der Waals surface area contributed by atoms with Crippen LogP contribution in [0.3, 0.4) is 0 Å². The topological polar surface area (TPSA) is 82.5 Å². The predicted octanol–water partition coefficient (Wildman–Crippen LogP) is 3.49. The first kappa shape index (κ1) is 22.0. The zero-order valence-corrected chi connectivity index (χ0v) is 18.8. The van der Waals surface area contributed by atoms with Gasteiger partial charge >= 0.3 is 5.97 Å². The summed E-state index contributed by atoms with van der Waals surface area (Å²) >= 11 is 3.37. The van der Waals surface area contributed by atoms with Gasteiger partial charge < -0.3 is 18.9 Å². The number of hydrogen-bond acceptors (Lipinski definition) is 9. The van der Waals surface area contributed by atoms with Gasteiger partial charge in [-0.1, -0.05) is 13.0 Å². The van der Waals surface area contributed by atoms with Crippen LogP contribution in [-0.2, 0) is 23.7 Å². The van der Waals surface area contributed by atoms with Crippen molar-refractivity contribution >= 4 is 40.2 Å². The van der Waals surface area contributed by atoms with Gasteiger partial charge in [0, 0.05) is 24.2 Å². The molecule has 9 heteroatoms. The lowest BCUT2D eigenvalue weighted by Crippen LogP contribution is -2.21. The van der Waals surface area contributed by atoms with Crippen LogP contribution >= 0.6 is 23.1 Å². The molecule has 1 fully saturated rings. The molecule has 0 aromatic carbocycles. The molecule has 2 aliphatic rings. The van der Waals surface area contributed by atoms with Crippen molar-refractivity contribution in [2.45, 2.75) is 31.6 Å². The summed E-state index contributed by atoms with van der Waals surface area (Å²) < 4.78 is 21.1. The number of nitrogens with zero attached hydrogens (tertiary/aromatic N) is 2. The summed E-state index contributed by atoms with van der Waals surface area (Å²) in [6.45, 7) is 4.75. The molecule has 29 heavy (non-hydrogen) atoms. The number of methoxy groups -OCH3 is 3. The summed E-state index contributed by atoms with van der Waals surface area (Å²) in [4.78, 5) is 21.0. The fourth-order valence-electron chi connectivity index (χ4n) is 2.91. The van der Waals surface area contributed by atoms with E-state index in [0.717, 1.165) is 28.1 Å². The summed E-state index contributed by atoms with van der Waals surface area (Å²) in [7, 11) is 4.48.